The Bertz CT molecular complexity index is 1150. The van der Waals surface area contributed by atoms with Crippen molar-refractivity contribution in [2.75, 3.05) is 26.7 Å². The molecule has 0 unspecified atom stereocenters. The maximum absolute atomic E-state index is 13.8. The third-order valence-electron chi connectivity index (χ3n) is 7.59. The number of halogens is 3. The van der Waals surface area contributed by atoms with E-state index in [0.29, 0.717) is 53.1 Å². The van der Waals surface area contributed by atoms with Crippen LogP contribution in [0.1, 0.15) is 55.5 Å². The number of carbonyl (C=O) groups excluding carboxylic acids is 2. The van der Waals surface area contributed by atoms with E-state index in [2.05, 4.69) is 25.7 Å². The van der Waals surface area contributed by atoms with Gasteiger partial charge in [-0.05, 0) is 75.6 Å². The highest BCUT2D eigenvalue weighted by Gasteiger charge is 2.45. The number of benzene rings is 2. The predicted molar refractivity (Wildman–Crippen MR) is 149 cm³/mol. The summed E-state index contributed by atoms with van der Waals surface area (Å²) in [7, 11) is 1.80. The first-order valence-electron chi connectivity index (χ1n) is 12.6. The summed E-state index contributed by atoms with van der Waals surface area (Å²) in [5, 5.41) is 11.8. The van der Waals surface area contributed by atoms with E-state index in [-0.39, 0.29) is 35.4 Å². The molecule has 0 aliphatic carbocycles. The van der Waals surface area contributed by atoms with E-state index in [0.717, 1.165) is 5.56 Å². The van der Waals surface area contributed by atoms with Crippen molar-refractivity contribution < 1.29 is 14.7 Å². The fraction of sp³-hybridized carbons (Fsp3) is 0.500. The molecule has 2 aliphatic heterocycles. The van der Waals surface area contributed by atoms with Gasteiger partial charge >= 0.3 is 0 Å². The lowest BCUT2D eigenvalue weighted by atomic mass is 9.84. The van der Waals surface area contributed by atoms with Crippen LogP contribution in [0.3, 0.4) is 0 Å². The highest BCUT2D eigenvalue weighted by atomic mass is 35.5. The summed E-state index contributed by atoms with van der Waals surface area (Å²) in [5.74, 6) is -0.255. The average Bonchev–Trinajstić information content (AvgIpc) is 3.27. The molecule has 4 atom stereocenters. The number of nitrogens with zero attached hydrogens (tertiary/aromatic N) is 3. The SMILES string of the molecule is CN(C(=O)c1ccc(Cl)cc1)[C@@H]1CCN(C(=O)[C@H]2C[C@@H](O)CN2C(C)(C)C)C[C@H]1c1ccc(Cl)c(Cl)c1. The zero-order chi connectivity index (χ0) is 27.1. The smallest absolute Gasteiger partial charge is 0.253 e. The number of aliphatic hydroxyl groups excluding tert-OH is 1. The Morgan fingerprint density at radius 2 is 1.68 bits per heavy atom. The Kier molecular flexibility index (Phi) is 8.46. The second-order valence-electron chi connectivity index (χ2n) is 11.1. The van der Waals surface area contributed by atoms with Crippen molar-refractivity contribution in [3.05, 3.63) is 68.7 Å². The fourth-order valence-corrected chi connectivity index (χ4v) is 6.05. The zero-order valence-electron chi connectivity index (χ0n) is 21.6. The molecular weight excluding hydrogens is 533 g/mol. The molecule has 2 aromatic rings. The highest BCUT2D eigenvalue weighted by Crippen LogP contribution is 2.36. The quantitative estimate of drug-likeness (QED) is 0.543. The Labute approximate surface area is 234 Å². The number of rotatable bonds is 4. The molecule has 2 aromatic carbocycles. The van der Waals surface area contributed by atoms with Crippen LogP contribution in [0.4, 0.5) is 0 Å². The van der Waals surface area contributed by atoms with E-state index < -0.39 is 6.10 Å². The first-order valence-corrected chi connectivity index (χ1v) is 13.7. The molecule has 0 spiro atoms. The summed E-state index contributed by atoms with van der Waals surface area (Å²) >= 11 is 18.6. The zero-order valence-corrected chi connectivity index (χ0v) is 23.9. The topological polar surface area (TPSA) is 64.1 Å². The van der Waals surface area contributed by atoms with Crippen molar-refractivity contribution in [3.63, 3.8) is 0 Å². The fourth-order valence-electron chi connectivity index (χ4n) is 5.62. The van der Waals surface area contributed by atoms with Crippen LogP contribution in [-0.4, -0.2) is 82.0 Å². The van der Waals surface area contributed by atoms with Crippen molar-refractivity contribution in [3.8, 4) is 0 Å². The second-order valence-corrected chi connectivity index (χ2v) is 12.3. The molecule has 2 heterocycles. The van der Waals surface area contributed by atoms with Crippen LogP contribution < -0.4 is 0 Å². The van der Waals surface area contributed by atoms with Gasteiger partial charge < -0.3 is 14.9 Å². The van der Waals surface area contributed by atoms with Gasteiger partial charge in [-0.25, -0.2) is 0 Å². The largest absolute Gasteiger partial charge is 0.392 e. The van der Waals surface area contributed by atoms with Crippen molar-refractivity contribution in [2.45, 2.75) is 63.3 Å². The lowest BCUT2D eigenvalue weighted by molar-refractivity contribution is -0.139. The summed E-state index contributed by atoms with van der Waals surface area (Å²) in [6.45, 7) is 7.62. The maximum Gasteiger partial charge on any atom is 0.253 e. The lowest BCUT2D eigenvalue weighted by Gasteiger charge is -2.45. The van der Waals surface area contributed by atoms with E-state index in [9.17, 15) is 14.7 Å². The maximum atomic E-state index is 13.8. The number of carbonyl (C=O) groups is 2. The second kappa shape index (κ2) is 11.1. The molecule has 0 bridgehead atoms. The third-order valence-corrected chi connectivity index (χ3v) is 8.59. The van der Waals surface area contributed by atoms with Crippen LogP contribution in [0.25, 0.3) is 0 Å². The van der Waals surface area contributed by atoms with Gasteiger partial charge in [0.05, 0.1) is 22.2 Å². The molecule has 9 heteroatoms. The minimum absolute atomic E-state index is 0.0154. The van der Waals surface area contributed by atoms with Gasteiger partial charge in [-0.2, -0.15) is 0 Å². The number of hydrogen-bond donors (Lipinski definition) is 1. The van der Waals surface area contributed by atoms with E-state index in [1.807, 2.05) is 17.0 Å². The van der Waals surface area contributed by atoms with E-state index in [4.69, 9.17) is 34.8 Å². The van der Waals surface area contributed by atoms with Gasteiger partial charge in [0.2, 0.25) is 5.91 Å². The number of likely N-dealkylation sites (tertiary alicyclic amines) is 2. The van der Waals surface area contributed by atoms with Gasteiger partial charge in [0.1, 0.15) is 0 Å². The lowest BCUT2D eigenvalue weighted by Crippen LogP contribution is -2.57. The van der Waals surface area contributed by atoms with Crippen molar-refractivity contribution in [2.24, 2.45) is 0 Å². The first-order chi connectivity index (χ1) is 17.4. The number of amides is 2. The molecule has 2 aliphatic rings. The Morgan fingerprint density at radius 3 is 2.30 bits per heavy atom. The minimum atomic E-state index is -0.528. The number of aliphatic hydroxyl groups is 1. The van der Waals surface area contributed by atoms with Crippen molar-refractivity contribution in [1.82, 2.24) is 14.7 Å². The van der Waals surface area contributed by atoms with Gasteiger partial charge in [-0.3, -0.25) is 14.5 Å². The summed E-state index contributed by atoms with van der Waals surface area (Å²) < 4.78 is 0. The molecule has 2 amide bonds. The molecule has 0 radical (unpaired) electrons. The van der Waals surface area contributed by atoms with E-state index >= 15 is 0 Å². The van der Waals surface area contributed by atoms with Gasteiger partial charge in [0.25, 0.3) is 5.91 Å². The molecule has 1 N–H and O–H groups in total. The highest BCUT2D eigenvalue weighted by molar-refractivity contribution is 6.42. The van der Waals surface area contributed by atoms with Crippen molar-refractivity contribution in [1.29, 1.82) is 0 Å². The minimum Gasteiger partial charge on any atom is -0.392 e. The van der Waals surface area contributed by atoms with Crippen LogP contribution >= 0.6 is 34.8 Å². The van der Waals surface area contributed by atoms with Gasteiger partial charge in [-0.15, -0.1) is 0 Å². The number of hydrogen-bond acceptors (Lipinski definition) is 4. The molecule has 2 saturated heterocycles. The van der Waals surface area contributed by atoms with Gasteiger partial charge in [-0.1, -0.05) is 40.9 Å². The molecule has 0 aromatic heterocycles. The Hall–Kier alpha value is -1.83. The standard InChI is InChI=1S/C28H34Cl3N3O3/c1-28(2,3)34-15-20(35)14-25(34)27(37)33-12-11-24(21(16-33)18-7-10-22(30)23(31)13-18)32(4)26(36)17-5-8-19(29)9-6-17/h5-10,13,20-21,24-25,35H,11-12,14-16H2,1-4H3/t20-,21+,24-,25-/m1/s1. The van der Waals surface area contributed by atoms with E-state index in [1.54, 1.807) is 42.3 Å². The van der Waals surface area contributed by atoms with Crippen LogP contribution in [0.15, 0.2) is 42.5 Å². The third kappa shape index (κ3) is 6.10. The summed E-state index contributed by atoms with van der Waals surface area (Å²) in [5.41, 5.74) is 1.23. The van der Waals surface area contributed by atoms with Crippen LogP contribution in [0.5, 0.6) is 0 Å². The summed E-state index contributed by atoms with van der Waals surface area (Å²) in [6.07, 6.45) is 0.499. The summed E-state index contributed by atoms with van der Waals surface area (Å²) in [4.78, 5) is 32.9. The van der Waals surface area contributed by atoms with Crippen LogP contribution in [0.2, 0.25) is 15.1 Å². The van der Waals surface area contributed by atoms with Crippen LogP contribution in [0, 0.1) is 0 Å². The Morgan fingerprint density at radius 1 is 1.00 bits per heavy atom. The Balaban J connectivity index is 1.62. The summed E-state index contributed by atoms with van der Waals surface area (Å²) in [6, 6.07) is 11.8. The molecule has 0 saturated carbocycles. The molecule has 2 fully saturated rings. The predicted octanol–water partition coefficient (Wildman–Crippen LogP) is 5.34. The molecule has 37 heavy (non-hydrogen) atoms. The van der Waals surface area contributed by atoms with Crippen molar-refractivity contribution >= 4 is 46.6 Å². The number of likely N-dealkylation sites (N-methyl/N-ethyl adjacent to an activating group) is 1. The van der Waals surface area contributed by atoms with Gasteiger partial charge in [0, 0.05) is 54.8 Å². The first kappa shape index (κ1) is 28.2. The van der Waals surface area contributed by atoms with E-state index in [1.165, 1.54) is 0 Å². The molecule has 200 valence electrons. The van der Waals surface area contributed by atoms with Gasteiger partial charge in [0.15, 0.2) is 0 Å². The van der Waals surface area contributed by atoms with Crippen LogP contribution in [-0.2, 0) is 4.79 Å². The molecule has 4 rings (SSSR count). The number of β-amino-alcohol motifs (C(OH)–C–C–N with tert-alkyl or cyclic N) is 1. The normalized spacial score (nSPS) is 24.8. The number of piperidine rings is 1. The molecule has 6 nitrogen and oxygen atoms in total. The monoisotopic (exact) mass is 565 g/mol. The molecular formula is C28H34Cl3N3O3. The average molecular weight is 567 g/mol.